The average Bonchev–Trinajstić information content (AvgIpc) is 2.47. The fourth-order valence-corrected chi connectivity index (χ4v) is 3.86. The molecule has 0 radical (unpaired) electrons. The van der Waals surface area contributed by atoms with Crippen LogP contribution < -0.4 is 10.6 Å². The molecule has 0 aromatic heterocycles. The summed E-state index contributed by atoms with van der Waals surface area (Å²) in [6.45, 7) is 3.09. The van der Waals surface area contributed by atoms with Crippen LogP contribution in [0.25, 0.3) is 0 Å². The monoisotopic (exact) mass is 347 g/mol. The number of rotatable bonds is 4. The minimum Gasteiger partial charge on any atom is -0.326 e. The molecule has 1 aliphatic heterocycles. The van der Waals surface area contributed by atoms with Gasteiger partial charge in [-0.05, 0) is 50.2 Å². The van der Waals surface area contributed by atoms with Crippen molar-refractivity contribution in [3.8, 4) is 0 Å². The Morgan fingerprint density at radius 2 is 1.77 bits per heavy atom. The van der Waals surface area contributed by atoms with E-state index in [1.807, 2.05) is 0 Å². The first kappa shape index (κ1) is 18.9. The molecule has 1 aromatic carbocycles. The molecule has 124 valence electrons. The number of hydrogen-bond donors (Lipinski definition) is 2. The van der Waals surface area contributed by atoms with Gasteiger partial charge in [0.2, 0.25) is 15.9 Å². The molecule has 0 spiro atoms. The Hall–Kier alpha value is -1.15. The predicted octanol–water partition coefficient (Wildman–Crippen LogP) is 1.44. The lowest BCUT2D eigenvalue weighted by Gasteiger charge is -2.30. The number of nitrogens with zero attached hydrogens (tertiary/aromatic N) is 1. The number of amides is 1. The van der Waals surface area contributed by atoms with Crippen LogP contribution in [0.15, 0.2) is 29.2 Å². The molecule has 1 heterocycles. The Kier molecular flexibility index (Phi) is 6.80. The maximum absolute atomic E-state index is 12.6. The SMILES string of the molecule is CC(=O)Nc1ccc(S(=O)(=O)N(C)C2CCNCC2)cc1.Cl. The van der Waals surface area contributed by atoms with Gasteiger partial charge in [-0.25, -0.2) is 8.42 Å². The van der Waals surface area contributed by atoms with Crippen LogP contribution in [-0.2, 0) is 14.8 Å². The smallest absolute Gasteiger partial charge is 0.243 e. The normalized spacial score (nSPS) is 16.1. The van der Waals surface area contributed by atoms with Crippen molar-refractivity contribution in [3.05, 3.63) is 24.3 Å². The van der Waals surface area contributed by atoms with E-state index in [1.54, 1.807) is 19.2 Å². The van der Waals surface area contributed by atoms with Crippen molar-refractivity contribution in [1.29, 1.82) is 0 Å². The van der Waals surface area contributed by atoms with Gasteiger partial charge in [-0.3, -0.25) is 4.79 Å². The molecule has 1 aromatic rings. The molecule has 1 saturated heterocycles. The molecule has 2 rings (SSSR count). The van der Waals surface area contributed by atoms with E-state index in [-0.39, 0.29) is 29.3 Å². The van der Waals surface area contributed by atoms with Crippen molar-refractivity contribution in [3.63, 3.8) is 0 Å². The van der Waals surface area contributed by atoms with Gasteiger partial charge in [-0.2, -0.15) is 4.31 Å². The van der Waals surface area contributed by atoms with Crippen LogP contribution in [0.4, 0.5) is 5.69 Å². The molecule has 0 saturated carbocycles. The van der Waals surface area contributed by atoms with E-state index in [1.165, 1.54) is 23.4 Å². The number of nitrogens with one attached hydrogen (secondary N) is 2. The highest BCUT2D eigenvalue weighted by atomic mass is 35.5. The largest absolute Gasteiger partial charge is 0.326 e. The van der Waals surface area contributed by atoms with Crippen LogP contribution in [0.1, 0.15) is 19.8 Å². The number of piperidine rings is 1. The summed E-state index contributed by atoms with van der Waals surface area (Å²) < 4.78 is 26.6. The van der Waals surface area contributed by atoms with Crippen LogP contribution in [0.3, 0.4) is 0 Å². The third kappa shape index (κ3) is 4.42. The lowest BCUT2D eigenvalue weighted by atomic mass is 10.1. The van der Waals surface area contributed by atoms with Crippen molar-refractivity contribution in [1.82, 2.24) is 9.62 Å². The van der Waals surface area contributed by atoms with Gasteiger partial charge < -0.3 is 10.6 Å². The maximum Gasteiger partial charge on any atom is 0.243 e. The van der Waals surface area contributed by atoms with E-state index in [2.05, 4.69) is 10.6 Å². The third-order valence-electron chi connectivity index (χ3n) is 3.67. The fourth-order valence-electron chi connectivity index (χ4n) is 2.45. The zero-order valence-corrected chi connectivity index (χ0v) is 14.3. The van der Waals surface area contributed by atoms with E-state index in [0.29, 0.717) is 5.69 Å². The molecule has 1 amide bonds. The number of anilines is 1. The van der Waals surface area contributed by atoms with E-state index in [4.69, 9.17) is 0 Å². The minimum atomic E-state index is -3.49. The zero-order chi connectivity index (χ0) is 15.5. The molecule has 0 bridgehead atoms. The van der Waals surface area contributed by atoms with Crippen LogP contribution >= 0.6 is 12.4 Å². The van der Waals surface area contributed by atoms with Gasteiger partial charge in [-0.1, -0.05) is 0 Å². The van der Waals surface area contributed by atoms with Crippen molar-refractivity contribution in [2.24, 2.45) is 0 Å². The molecule has 6 nitrogen and oxygen atoms in total. The Labute approximate surface area is 137 Å². The minimum absolute atomic E-state index is 0. The van der Waals surface area contributed by atoms with E-state index in [9.17, 15) is 13.2 Å². The zero-order valence-electron chi connectivity index (χ0n) is 12.7. The highest BCUT2D eigenvalue weighted by Crippen LogP contribution is 2.22. The summed E-state index contributed by atoms with van der Waals surface area (Å²) in [5.41, 5.74) is 0.589. The van der Waals surface area contributed by atoms with E-state index in [0.717, 1.165) is 25.9 Å². The Morgan fingerprint density at radius 3 is 2.27 bits per heavy atom. The molecule has 0 aliphatic carbocycles. The van der Waals surface area contributed by atoms with Gasteiger partial charge in [0.25, 0.3) is 0 Å². The highest BCUT2D eigenvalue weighted by molar-refractivity contribution is 7.89. The summed E-state index contributed by atoms with van der Waals surface area (Å²) in [4.78, 5) is 11.2. The van der Waals surface area contributed by atoms with Gasteiger partial charge in [0.15, 0.2) is 0 Å². The van der Waals surface area contributed by atoms with E-state index >= 15 is 0 Å². The standard InChI is InChI=1S/C14H21N3O3S.ClH/c1-11(18)16-12-3-5-14(6-4-12)21(19,20)17(2)13-7-9-15-10-8-13;/h3-6,13,15H,7-10H2,1-2H3,(H,16,18);1H. The molecule has 2 N–H and O–H groups in total. The molecular weight excluding hydrogens is 326 g/mol. The summed E-state index contributed by atoms with van der Waals surface area (Å²) in [7, 11) is -1.86. The summed E-state index contributed by atoms with van der Waals surface area (Å²) in [6.07, 6.45) is 1.64. The van der Waals surface area contributed by atoms with Gasteiger partial charge in [0.1, 0.15) is 0 Å². The number of hydrogen-bond acceptors (Lipinski definition) is 4. The molecule has 0 unspecified atom stereocenters. The second kappa shape index (κ2) is 7.92. The summed E-state index contributed by atoms with van der Waals surface area (Å²) in [5, 5.41) is 5.85. The van der Waals surface area contributed by atoms with Gasteiger partial charge in [-0.15, -0.1) is 12.4 Å². The third-order valence-corrected chi connectivity index (χ3v) is 5.60. The summed E-state index contributed by atoms with van der Waals surface area (Å²) in [5.74, 6) is -0.183. The highest BCUT2D eigenvalue weighted by Gasteiger charge is 2.28. The molecule has 1 aliphatic rings. The number of benzene rings is 1. The van der Waals surface area contributed by atoms with Crippen LogP contribution in [-0.4, -0.2) is 44.8 Å². The second-order valence-electron chi connectivity index (χ2n) is 5.21. The van der Waals surface area contributed by atoms with Crippen LogP contribution in [0, 0.1) is 0 Å². The van der Waals surface area contributed by atoms with Gasteiger partial charge in [0.05, 0.1) is 4.90 Å². The molecule has 8 heteroatoms. The van der Waals surface area contributed by atoms with Gasteiger partial charge >= 0.3 is 0 Å². The first-order valence-corrected chi connectivity index (χ1v) is 8.41. The van der Waals surface area contributed by atoms with Crippen molar-refractivity contribution in [2.45, 2.75) is 30.7 Å². The summed E-state index contributed by atoms with van der Waals surface area (Å²) >= 11 is 0. The summed E-state index contributed by atoms with van der Waals surface area (Å²) in [6, 6.07) is 6.29. The molecule has 22 heavy (non-hydrogen) atoms. The number of sulfonamides is 1. The first-order valence-electron chi connectivity index (χ1n) is 6.97. The average molecular weight is 348 g/mol. The number of carbonyl (C=O) groups is 1. The predicted molar refractivity (Wildman–Crippen MR) is 88.8 cm³/mol. The van der Waals surface area contributed by atoms with Crippen LogP contribution in [0.5, 0.6) is 0 Å². The molecule has 0 atom stereocenters. The Morgan fingerprint density at radius 1 is 1.23 bits per heavy atom. The molecule has 1 fully saturated rings. The van der Waals surface area contributed by atoms with Crippen molar-refractivity contribution >= 4 is 34.0 Å². The van der Waals surface area contributed by atoms with E-state index < -0.39 is 10.0 Å². The van der Waals surface area contributed by atoms with Crippen molar-refractivity contribution in [2.75, 3.05) is 25.5 Å². The van der Waals surface area contributed by atoms with Crippen LogP contribution in [0.2, 0.25) is 0 Å². The van der Waals surface area contributed by atoms with Crippen molar-refractivity contribution < 1.29 is 13.2 Å². The fraction of sp³-hybridized carbons (Fsp3) is 0.500. The second-order valence-corrected chi connectivity index (χ2v) is 7.21. The lowest BCUT2D eigenvalue weighted by Crippen LogP contribution is -2.43. The quantitative estimate of drug-likeness (QED) is 0.863. The lowest BCUT2D eigenvalue weighted by molar-refractivity contribution is -0.114. The Bertz CT molecular complexity index is 598. The maximum atomic E-state index is 12.6. The Balaban J connectivity index is 0.00000242. The molecular formula is C14H22ClN3O3S. The topological polar surface area (TPSA) is 78.5 Å². The number of carbonyl (C=O) groups excluding carboxylic acids is 1. The first-order chi connectivity index (χ1) is 9.91. The number of halogens is 1. The van der Waals surface area contributed by atoms with Gasteiger partial charge in [0, 0.05) is 25.7 Å².